The van der Waals surface area contributed by atoms with E-state index in [1.807, 2.05) is 0 Å². The first kappa shape index (κ1) is 29.8. The van der Waals surface area contributed by atoms with Crippen molar-refractivity contribution in [3.05, 3.63) is 0 Å². The number of benzene rings is 1. The van der Waals surface area contributed by atoms with Gasteiger partial charge >= 0.3 is 27.5 Å². The van der Waals surface area contributed by atoms with Gasteiger partial charge in [-0.3, -0.25) is 0 Å². The van der Waals surface area contributed by atoms with Crippen LogP contribution in [-0.2, 0) is 0 Å². The molecule has 0 aromatic heterocycles. The van der Waals surface area contributed by atoms with Crippen LogP contribution < -0.4 is 0 Å². The zero-order valence-electron chi connectivity index (χ0n) is 13.7. The quantitative estimate of drug-likeness (QED) is 0.269. The predicted octanol–water partition coefficient (Wildman–Crippen LogP) is 9.45. The largest absolute Gasteiger partial charge is 0.505 e. The van der Waals surface area contributed by atoms with Gasteiger partial charge in [-0.05, 0) is 58.8 Å². The fourth-order valence-corrected chi connectivity index (χ4v) is 6.03. The summed E-state index contributed by atoms with van der Waals surface area (Å²) < 4.78 is 192. The Hall–Kier alpha value is -0.280. The molecule has 0 saturated heterocycles. The maximum absolute atomic E-state index is 12.9. The molecule has 0 amide bonds. The molecular formula is C11HF15OS5. The minimum atomic E-state index is -5.74. The fourth-order valence-electron chi connectivity index (χ4n) is 1.67. The van der Waals surface area contributed by atoms with Crippen LogP contribution in [0, 0.1) is 0 Å². The summed E-state index contributed by atoms with van der Waals surface area (Å²) in [6.45, 7) is 0. The fraction of sp³-hybridized carbons (Fsp3) is 0.455. The summed E-state index contributed by atoms with van der Waals surface area (Å²) in [5, 5.41) is 9.80. The van der Waals surface area contributed by atoms with Crippen LogP contribution in [0.4, 0.5) is 65.9 Å². The van der Waals surface area contributed by atoms with E-state index in [9.17, 15) is 71.0 Å². The third-order valence-corrected chi connectivity index (χ3v) is 7.06. The Morgan fingerprint density at radius 2 is 0.500 bits per heavy atom. The highest BCUT2D eigenvalue weighted by Crippen LogP contribution is 2.62. The summed E-state index contributed by atoms with van der Waals surface area (Å²) >= 11 is -8.74. The smallest absolute Gasteiger partial charge is 0.446 e. The van der Waals surface area contributed by atoms with Crippen molar-refractivity contribution in [3.63, 3.8) is 0 Å². The van der Waals surface area contributed by atoms with Crippen LogP contribution >= 0.6 is 58.8 Å². The molecule has 0 radical (unpaired) electrons. The highest BCUT2D eigenvalue weighted by molar-refractivity contribution is 8.06. The average molecular weight is 594 g/mol. The highest BCUT2D eigenvalue weighted by Gasteiger charge is 2.46. The number of aromatic hydroxyl groups is 1. The van der Waals surface area contributed by atoms with Gasteiger partial charge in [0.2, 0.25) is 0 Å². The summed E-state index contributed by atoms with van der Waals surface area (Å²) in [5.74, 6) is -2.35. The average Bonchev–Trinajstić information content (AvgIpc) is 2.45. The molecule has 32 heavy (non-hydrogen) atoms. The lowest BCUT2D eigenvalue weighted by molar-refractivity contribution is -0.0361. The predicted molar refractivity (Wildman–Crippen MR) is 87.7 cm³/mol. The molecule has 1 N–H and O–H groups in total. The number of hydrogen-bond acceptors (Lipinski definition) is 6. The molecular weight excluding hydrogens is 593 g/mol. The SMILES string of the molecule is Oc1c(SC(F)(F)F)c(SC(F)(F)F)c(SC(F)(F)F)c(SC(F)(F)F)c1SC(F)(F)F. The Morgan fingerprint density at radius 1 is 0.344 bits per heavy atom. The summed E-state index contributed by atoms with van der Waals surface area (Å²) in [7, 11) is 0. The first-order chi connectivity index (χ1) is 13.9. The van der Waals surface area contributed by atoms with Gasteiger partial charge in [0.25, 0.3) is 0 Å². The van der Waals surface area contributed by atoms with Crippen LogP contribution in [0.2, 0.25) is 0 Å². The van der Waals surface area contributed by atoms with E-state index in [1.165, 1.54) is 0 Å². The van der Waals surface area contributed by atoms with E-state index in [0.717, 1.165) is 0 Å². The normalized spacial score (nSPS) is 14.2. The molecule has 0 bridgehead atoms. The van der Waals surface area contributed by atoms with Crippen molar-refractivity contribution in [2.45, 2.75) is 52.0 Å². The molecule has 21 heteroatoms. The van der Waals surface area contributed by atoms with Crippen molar-refractivity contribution in [3.8, 4) is 5.75 Å². The van der Waals surface area contributed by atoms with Crippen molar-refractivity contribution in [1.82, 2.24) is 0 Å². The Balaban J connectivity index is 4.17. The topological polar surface area (TPSA) is 20.2 Å². The lowest BCUT2D eigenvalue weighted by atomic mass is 10.3. The van der Waals surface area contributed by atoms with Gasteiger partial charge in [0.1, 0.15) is 5.75 Å². The van der Waals surface area contributed by atoms with Crippen LogP contribution in [0.15, 0.2) is 24.5 Å². The van der Waals surface area contributed by atoms with Gasteiger partial charge in [0.05, 0.1) is 9.79 Å². The maximum Gasteiger partial charge on any atom is 0.446 e. The van der Waals surface area contributed by atoms with E-state index in [2.05, 4.69) is 0 Å². The molecule has 1 aromatic rings. The molecule has 0 heterocycles. The van der Waals surface area contributed by atoms with Gasteiger partial charge in [-0.25, -0.2) is 0 Å². The number of phenolic OH excluding ortho intramolecular Hbond substituents is 1. The summed E-state index contributed by atoms with van der Waals surface area (Å²) in [5.41, 5.74) is -28.5. The Bertz CT molecular complexity index is 763. The van der Waals surface area contributed by atoms with Crippen molar-refractivity contribution in [1.29, 1.82) is 0 Å². The van der Waals surface area contributed by atoms with Crippen LogP contribution in [0.3, 0.4) is 0 Å². The van der Waals surface area contributed by atoms with Crippen LogP contribution in [0.5, 0.6) is 5.75 Å². The minimum Gasteiger partial charge on any atom is -0.505 e. The number of alkyl halides is 15. The molecule has 0 aliphatic rings. The second-order valence-electron chi connectivity index (χ2n) is 4.73. The van der Waals surface area contributed by atoms with Gasteiger partial charge in [-0.15, -0.1) is 0 Å². The third kappa shape index (κ3) is 10.3. The molecule has 0 aliphatic carbocycles. The van der Waals surface area contributed by atoms with Crippen LogP contribution in [0.1, 0.15) is 0 Å². The molecule has 1 nitrogen and oxygen atoms in total. The zero-order valence-corrected chi connectivity index (χ0v) is 17.7. The van der Waals surface area contributed by atoms with E-state index < -0.39 is 117 Å². The molecule has 0 spiro atoms. The molecule has 0 aliphatic heterocycles. The molecule has 1 aromatic carbocycles. The highest BCUT2D eigenvalue weighted by atomic mass is 32.2. The Morgan fingerprint density at radius 3 is 0.688 bits per heavy atom. The molecule has 1 rings (SSSR count). The zero-order chi connectivity index (χ0) is 25.5. The number of phenols is 1. The van der Waals surface area contributed by atoms with Crippen molar-refractivity contribution < 1.29 is 71.0 Å². The van der Waals surface area contributed by atoms with Crippen LogP contribution in [0.25, 0.3) is 0 Å². The van der Waals surface area contributed by atoms with E-state index in [0.29, 0.717) is 0 Å². The summed E-state index contributed by atoms with van der Waals surface area (Å²) in [4.78, 5) is -11.0. The third-order valence-electron chi connectivity index (χ3n) is 2.34. The van der Waals surface area contributed by atoms with Crippen molar-refractivity contribution in [2.75, 3.05) is 0 Å². The van der Waals surface area contributed by atoms with E-state index >= 15 is 0 Å². The summed E-state index contributed by atoms with van der Waals surface area (Å²) in [6, 6.07) is 0. The lowest BCUT2D eigenvalue weighted by Crippen LogP contribution is -2.11. The number of hydrogen-bond donors (Lipinski definition) is 1. The number of rotatable bonds is 5. The molecule has 186 valence electrons. The second-order valence-corrected chi connectivity index (χ2v) is 10.1. The lowest BCUT2D eigenvalue weighted by Gasteiger charge is -2.24. The standard InChI is InChI=1S/C11HF15OS5/c12-7(13,14)28-2-1(27)3(29-8(15,16)17)5(31-10(21,22)23)6(32-11(24,25)26)4(2)30-9(18,19)20/h27H. The van der Waals surface area contributed by atoms with E-state index in [1.54, 1.807) is 0 Å². The van der Waals surface area contributed by atoms with Crippen molar-refractivity contribution in [2.24, 2.45) is 0 Å². The first-order valence-electron chi connectivity index (χ1n) is 6.60. The van der Waals surface area contributed by atoms with Gasteiger partial charge in [-0.2, -0.15) is 65.9 Å². The van der Waals surface area contributed by atoms with Gasteiger partial charge < -0.3 is 5.11 Å². The number of halogens is 15. The molecule has 0 unspecified atom stereocenters. The first-order valence-corrected chi connectivity index (χ1v) is 10.7. The van der Waals surface area contributed by atoms with E-state index in [4.69, 9.17) is 0 Å². The Labute approximate surface area is 187 Å². The minimum absolute atomic E-state index is 1.72. The molecule has 0 atom stereocenters. The van der Waals surface area contributed by atoms with Crippen LogP contribution in [-0.4, -0.2) is 32.6 Å². The summed E-state index contributed by atoms with van der Waals surface area (Å²) in [6.07, 6.45) is 0. The monoisotopic (exact) mass is 594 g/mol. The Kier molecular flexibility index (Phi) is 9.08. The van der Waals surface area contributed by atoms with Gasteiger partial charge in [0.15, 0.2) is 0 Å². The second kappa shape index (κ2) is 9.76. The maximum atomic E-state index is 12.9. The molecule has 0 fully saturated rings. The van der Waals surface area contributed by atoms with Gasteiger partial charge in [0, 0.05) is 14.7 Å². The van der Waals surface area contributed by atoms with Gasteiger partial charge in [-0.1, -0.05) is 0 Å². The number of thioether (sulfide) groups is 5. The molecule has 0 saturated carbocycles. The van der Waals surface area contributed by atoms with E-state index in [-0.39, 0.29) is 0 Å². The van der Waals surface area contributed by atoms with Crippen molar-refractivity contribution >= 4 is 58.8 Å².